The van der Waals surface area contributed by atoms with E-state index < -0.39 is 0 Å². The predicted molar refractivity (Wildman–Crippen MR) is 77.1 cm³/mol. The van der Waals surface area contributed by atoms with Crippen molar-refractivity contribution in [2.75, 3.05) is 13.7 Å². The van der Waals surface area contributed by atoms with Gasteiger partial charge in [-0.15, -0.1) is 0 Å². The predicted octanol–water partition coefficient (Wildman–Crippen LogP) is 2.50. The molecule has 0 aliphatic heterocycles. The summed E-state index contributed by atoms with van der Waals surface area (Å²) in [5.74, 6) is 1.53. The van der Waals surface area contributed by atoms with Gasteiger partial charge in [0.05, 0.1) is 13.7 Å². The Labute approximate surface area is 119 Å². The van der Waals surface area contributed by atoms with Crippen LogP contribution in [0.2, 0.25) is 0 Å². The third kappa shape index (κ3) is 3.63. The highest BCUT2D eigenvalue weighted by molar-refractivity contribution is 5.97. The van der Waals surface area contributed by atoms with E-state index in [0.29, 0.717) is 18.1 Å². The monoisotopic (exact) mass is 278 g/mol. The molecule has 3 N–H and O–H groups in total. The van der Waals surface area contributed by atoms with Crippen molar-refractivity contribution >= 4 is 5.84 Å². The molecule has 1 saturated carbocycles. The first kappa shape index (κ1) is 14.7. The number of hydrogen-bond acceptors (Lipinski definition) is 4. The summed E-state index contributed by atoms with van der Waals surface area (Å²) in [6.45, 7) is 1.27. The Kier molecular flexibility index (Phi) is 5.24. The molecule has 110 valence electrons. The summed E-state index contributed by atoms with van der Waals surface area (Å²) in [7, 11) is 1.62. The molecule has 0 aromatic heterocycles. The molecule has 0 spiro atoms. The summed E-state index contributed by atoms with van der Waals surface area (Å²) in [6, 6.07) is 5.40. The zero-order chi connectivity index (χ0) is 14.4. The number of oxime groups is 1. The maximum Gasteiger partial charge on any atom is 0.170 e. The van der Waals surface area contributed by atoms with Crippen molar-refractivity contribution in [1.29, 1.82) is 0 Å². The topological polar surface area (TPSA) is 77.1 Å². The molecule has 5 heteroatoms. The van der Waals surface area contributed by atoms with Crippen LogP contribution in [0.4, 0.5) is 0 Å². The zero-order valence-corrected chi connectivity index (χ0v) is 11.8. The van der Waals surface area contributed by atoms with E-state index in [0.717, 1.165) is 17.9 Å². The fourth-order valence-corrected chi connectivity index (χ4v) is 2.62. The number of nitrogens with zero attached hydrogens (tertiary/aromatic N) is 1. The zero-order valence-electron chi connectivity index (χ0n) is 11.8. The lowest BCUT2D eigenvalue weighted by atomic mass is 10.1. The Hall–Kier alpha value is -1.75. The lowest BCUT2D eigenvalue weighted by Gasteiger charge is -2.13. The fraction of sp³-hybridized carbons (Fsp3) is 0.533. The van der Waals surface area contributed by atoms with E-state index in [1.165, 1.54) is 25.7 Å². The van der Waals surface area contributed by atoms with Crippen LogP contribution in [0.15, 0.2) is 23.4 Å². The molecule has 1 aromatic carbocycles. The van der Waals surface area contributed by atoms with Crippen molar-refractivity contribution in [2.45, 2.75) is 32.3 Å². The Bertz CT molecular complexity index is 468. The van der Waals surface area contributed by atoms with E-state index in [9.17, 15) is 0 Å². The van der Waals surface area contributed by atoms with Crippen LogP contribution in [-0.2, 0) is 11.3 Å². The summed E-state index contributed by atoms with van der Waals surface area (Å²) < 4.78 is 11.1. The van der Waals surface area contributed by atoms with Crippen LogP contribution >= 0.6 is 0 Å². The van der Waals surface area contributed by atoms with Gasteiger partial charge in [0.15, 0.2) is 5.84 Å². The second-order valence-electron chi connectivity index (χ2n) is 5.18. The molecule has 0 unspecified atom stereocenters. The number of benzene rings is 1. The van der Waals surface area contributed by atoms with Gasteiger partial charge in [-0.2, -0.15) is 0 Å². The summed E-state index contributed by atoms with van der Waals surface area (Å²) in [4.78, 5) is 0. The molecule has 5 nitrogen and oxygen atoms in total. The third-order valence-corrected chi connectivity index (χ3v) is 3.77. The van der Waals surface area contributed by atoms with E-state index in [1.54, 1.807) is 13.2 Å². The van der Waals surface area contributed by atoms with E-state index >= 15 is 0 Å². The molecular formula is C15H22N2O3. The van der Waals surface area contributed by atoms with Gasteiger partial charge in [0, 0.05) is 17.7 Å². The van der Waals surface area contributed by atoms with Gasteiger partial charge in [0.25, 0.3) is 0 Å². The van der Waals surface area contributed by atoms with Gasteiger partial charge in [-0.3, -0.25) is 0 Å². The molecule has 2 rings (SSSR count). The van der Waals surface area contributed by atoms with E-state index in [-0.39, 0.29) is 5.84 Å². The molecular weight excluding hydrogens is 256 g/mol. The van der Waals surface area contributed by atoms with Crippen LogP contribution in [0.1, 0.15) is 36.8 Å². The lowest BCUT2D eigenvalue weighted by molar-refractivity contribution is 0.0874. The van der Waals surface area contributed by atoms with Gasteiger partial charge < -0.3 is 20.4 Å². The van der Waals surface area contributed by atoms with E-state index in [2.05, 4.69) is 5.16 Å². The molecule has 1 aromatic rings. The Morgan fingerprint density at radius 3 is 2.80 bits per heavy atom. The number of nitrogens with two attached hydrogens (primary N) is 1. The van der Waals surface area contributed by atoms with Crippen LogP contribution in [0.3, 0.4) is 0 Å². The van der Waals surface area contributed by atoms with Crippen LogP contribution < -0.4 is 10.5 Å². The maximum atomic E-state index is 8.73. The van der Waals surface area contributed by atoms with Gasteiger partial charge in [-0.1, -0.05) is 18.0 Å². The quantitative estimate of drug-likeness (QED) is 0.363. The first-order valence-corrected chi connectivity index (χ1v) is 6.97. The van der Waals surface area contributed by atoms with Crippen molar-refractivity contribution < 1.29 is 14.7 Å². The average Bonchev–Trinajstić information content (AvgIpc) is 2.99. The summed E-state index contributed by atoms with van der Waals surface area (Å²) in [5, 5.41) is 11.7. The molecule has 1 fully saturated rings. The number of methoxy groups -OCH3 is 1. The van der Waals surface area contributed by atoms with Gasteiger partial charge in [0.2, 0.25) is 0 Å². The number of amidine groups is 1. The number of rotatable bonds is 6. The molecule has 1 aliphatic carbocycles. The molecule has 0 bridgehead atoms. The number of hydrogen-bond donors (Lipinski definition) is 2. The molecule has 0 radical (unpaired) electrons. The van der Waals surface area contributed by atoms with Crippen molar-refractivity contribution in [3.63, 3.8) is 0 Å². The molecule has 1 aliphatic rings. The largest absolute Gasteiger partial charge is 0.496 e. The summed E-state index contributed by atoms with van der Waals surface area (Å²) >= 11 is 0. The molecule has 20 heavy (non-hydrogen) atoms. The van der Waals surface area contributed by atoms with Crippen molar-refractivity contribution in [1.82, 2.24) is 0 Å². The first-order chi connectivity index (χ1) is 9.74. The fourth-order valence-electron chi connectivity index (χ4n) is 2.62. The highest BCUT2D eigenvalue weighted by Gasteiger charge is 2.15. The Morgan fingerprint density at radius 2 is 2.15 bits per heavy atom. The minimum absolute atomic E-state index is 0.0877. The average molecular weight is 278 g/mol. The van der Waals surface area contributed by atoms with Gasteiger partial charge >= 0.3 is 0 Å². The van der Waals surface area contributed by atoms with Crippen LogP contribution in [0, 0.1) is 5.92 Å². The Balaban J connectivity index is 2.00. The van der Waals surface area contributed by atoms with Crippen LogP contribution in [-0.4, -0.2) is 24.8 Å². The SMILES string of the molecule is COc1ccc(/C(N)=N/O)cc1COCC1CCCC1. The highest BCUT2D eigenvalue weighted by atomic mass is 16.5. The lowest BCUT2D eigenvalue weighted by Crippen LogP contribution is -2.14. The maximum absolute atomic E-state index is 8.73. The second kappa shape index (κ2) is 7.14. The van der Waals surface area contributed by atoms with Crippen LogP contribution in [0.25, 0.3) is 0 Å². The van der Waals surface area contributed by atoms with Crippen molar-refractivity contribution in [2.24, 2.45) is 16.8 Å². The highest BCUT2D eigenvalue weighted by Crippen LogP contribution is 2.26. The first-order valence-electron chi connectivity index (χ1n) is 6.97. The van der Waals surface area contributed by atoms with E-state index in [1.807, 2.05) is 12.1 Å². The van der Waals surface area contributed by atoms with Gasteiger partial charge in [-0.05, 0) is 37.0 Å². The summed E-state index contributed by atoms with van der Waals surface area (Å²) in [5.41, 5.74) is 7.17. The standard InChI is InChI=1S/C15H22N2O3/c1-19-14-7-6-12(15(16)17-18)8-13(14)10-20-9-11-4-2-3-5-11/h6-8,11,18H,2-5,9-10H2,1H3,(H2,16,17). The minimum atomic E-state index is 0.0877. The van der Waals surface area contributed by atoms with Crippen molar-refractivity contribution in [3.8, 4) is 5.75 Å². The smallest absolute Gasteiger partial charge is 0.170 e. The minimum Gasteiger partial charge on any atom is -0.496 e. The molecule has 0 saturated heterocycles. The van der Waals surface area contributed by atoms with Crippen LogP contribution in [0.5, 0.6) is 5.75 Å². The van der Waals surface area contributed by atoms with Crippen molar-refractivity contribution in [3.05, 3.63) is 29.3 Å². The third-order valence-electron chi connectivity index (χ3n) is 3.77. The summed E-state index contributed by atoms with van der Waals surface area (Å²) in [6.07, 6.45) is 5.16. The Morgan fingerprint density at radius 1 is 1.40 bits per heavy atom. The van der Waals surface area contributed by atoms with Gasteiger partial charge in [0.1, 0.15) is 5.75 Å². The number of ether oxygens (including phenoxy) is 2. The molecule has 0 heterocycles. The van der Waals surface area contributed by atoms with Gasteiger partial charge in [-0.25, -0.2) is 0 Å². The normalized spacial score (nSPS) is 16.6. The van der Waals surface area contributed by atoms with E-state index in [4.69, 9.17) is 20.4 Å². The molecule has 0 atom stereocenters. The second-order valence-corrected chi connectivity index (χ2v) is 5.18. The molecule has 0 amide bonds.